The second-order valence-corrected chi connectivity index (χ2v) is 7.41. The van der Waals surface area contributed by atoms with Crippen LogP contribution in [0.3, 0.4) is 0 Å². The van der Waals surface area contributed by atoms with Gasteiger partial charge in [-0.05, 0) is 24.0 Å². The number of nitrogens with one attached hydrogen (secondary N) is 1. The number of allylic oxidation sites excluding steroid dienone is 1. The maximum atomic E-state index is 12.4. The molecule has 0 bridgehead atoms. The molecular weight excluding hydrogens is 340 g/mol. The summed E-state index contributed by atoms with van der Waals surface area (Å²) in [6, 6.07) is 7.82. The van der Waals surface area contributed by atoms with Crippen LogP contribution in [0.1, 0.15) is 17.5 Å². The standard InChI is InChI=1S/C18H22N2O4S/c21-15(17(23)19-10-14-6-3-9-25-14)16(22)18(24)20-8-7-12-4-1-2-5-13(12)11-20/h1-2,4-6,15-16,21-22H,3,7-11H2,(H,19,23)/t15-,16-/m1/s1. The Morgan fingerprint density at radius 3 is 2.68 bits per heavy atom. The van der Waals surface area contributed by atoms with Crippen LogP contribution in [0.2, 0.25) is 0 Å². The fourth-order valence-electron chi connectivity index (χ4n) is 3.02. The number of thioether (sulfide) groups is 1. The van der Waals surface area contributed by atoms with Crippen molar-refractivity contribution in [1.82, 2.24) is 10.2 Å². The van der Waals surface area contributed by atoms with Crippen LogP contribution in [0.4, 0.5) is 0 Å². The summed E-state index contributed by atoms with van der Waals surface area (Å²) < 4.78 is 0. The van der Waals surface area contributed by atoms with Crippen molar-refractivity contribution >= 4 is 23.6 Å². The lowest BCUT2D eigenvalue weighted by Crippen LogP contribution is -2.51. The molecule has 3 N–H and O–H groups in total. The Kier molecular flexibility index (Phi) is 5.78. The molecule has 1 aromatic rings. The van der Waals surface area contributed by atoms with Gasteiger partial charge in [-0.1, -0.05) is 30.3 Å². The van der Waals surface area contributed by atoms with Gasteiger partial charge < -0.3 is 20.4 Å². The quantitative estimate of drug-likeness (QED) is 0.707. The third-order valence-electron chi connectivity index (χ3n) is 4.48. The number of hydrogen-bond donors (Lipinski definition) is 3. The summed E-state index contributed by atoms with van der Waals surface area (Å²) in [5, 5.41) is 22.7. The molecule has 0 aromatic heterocycles. The number of nitrogens with zero attached hydrogens (tertiary/aromatic N) is 1. The highest BCUT2D eigenvalue weighted by atomic mass is 32.2. The van der Waals surface area contributed by atoms with Crippen LogP contribution < -0.4 is 5.32 Å². The number of hydrogen-bond acceptors (Lipinski definition) is 5. The number of carbonyl (C=O) groups is 2. The van der Waals surface area contributed by atoms with Crippen LogP contribution in [0, 0.1) is 0 Å². The van der Waals surface area contributed by atoms with Gasteiger partial charge in [0.1, 0.15) is 0 Å². The lowest BCUT2D eigenvalue weighted by atomic mass is 9.99. The maximum absolute atomic E-state index is 12.4. The summed E-state index contributed by atoms with van der Waals surface area (Å²) >= 11 is 1.65. The van der Waals surface area contributed by atoms with E-state index in [1.165, 1.54) is 10.5 Å². The molecule has 1 aromatic carbocycles. The van der Waals surface area contributed by atoms with Crippen LogP contribution in [-0.2, 0) is 22.6 Å². The first-order valence-electron chi connectivity index (χ1n) is 8.37. The van der Waals surface area contributed by atoms with Gasteiger partial charge in [-0.15, -0.1) is 11.8 Å². The first-order valence-corrected chi connectivity index (χ1v) is 9.36. The first-order chi connectivity index (χ1) is 12.1. The Bertz CT molecular complexity index is 691. The van der Waals surface area contributed by atoms with Gasteiger partial charge in [-0.2, -0.15) is 0 Å². The van der Waals surface area contributed by atoms with Gasteiger partial charge in [0.05, 0.1) is 0 Å². The molecule has 7 heteroatoms. The van der Waals surface area contributed by atoms with Gasteiger partial charge in [-0.3, -0.25) is 9.59 Å². The molecule has 2 amide bonds. The van der Waals surface area contributed by atoms with Crippen molar-refractivity contribution in [1.29, 1.82) is 0 Å². The van der Waals surface area contributed by atoms with E-state index >= 15 is 0 Å². The number of aliphatic hydroxyl groups excluding tert-OH is 2. The summed E-state index contributed by atoms with van der Waals surface area (Å²) in [4.78, 5) is 27.0. The van der Waals surface area contributed by atoms with E-state index in [4.69, 9.17) is 0 Å². The number of rotatable bonds is 5. The highest BCUT2D eigenvalue weighted by molar-refractivity contribution is 8.03. The van der Waals surface area contributed by atoms with Crippen LogP contribution in [0.5, 0.6) is 0 Å². The van der Waals surface area contributed by atoms with E-state index in [-0.39, 0.29) is 0 Å². The van der Waals surface area contributed by atoms with Crippen molar-refractivity contribution in [3.05, 3.63) is 46.4 Å². The average Bonchev–Trinajstić information content (AvgIpc) is 3.17. The second kappa shape index (κ2) is 8.03. The van der Waals surface area contributed by atoms with E-state index in [0.29, 0.717) is 26.1 Å². The van der Waals surface area contributed by atoms with E-state index < -0.39 is 24.0 Å². The molecule has 0 spiro atoms. The summed E-state index contributed by atoms with van der Waals surface area (Å²) in [7, 11) is 0. The summed E-state index contributed by atoms with van der Waals surface area (Å²) in [6.45, 7) is 1.16. The molecule has 0 unspecified atom stereocenters. The molecule has 2 aliphatic heterocycles. The molecule has 0 aliphatic carbocycles. The van der Waals surface area contributed by atoms with Crippen molar-refractivity contribution in [2.75, 3.05) is 18.8 Å². The average molecular weight is 362 g/mol. The molecule has 2 heterocycles. The zero-order chi connectivity index (χ0) is 17.8. The van der Waals surface area contributed by atoms with Crippen LogP contribution in [0.15, 0.2) is 35.2 Å². The van der Waals surface area contributed by atoms with Gasteiger partial charge >= 0.3 is 0 Å². The van der Waals surface area contributed by atoms with Gasteiger partial charge in [0, 0.05) is 30.3 Å². The normalized spacial score (nSPS) is 19.0. The largest absolute Gasteiger partial charge is 0.380 e. The highest BCUT2D eigenvalue weighted by Gasteiger charge is 2.34. The minimum absolute atomic E-state index is 0.318. The molecule has 0 fully saturated rings. The van der Waals surface area contributed by atoms with E-state index in [9.17, 15) is 19.8 Å². The lowest BCUT2D eigenvalue weighted by Gasteiger charge is -2.31. The van der Waals surface area contributed by atoms with Crippen molar-refractivity contribution in [3.8, 4) is 0 Å². The van der Waals surface area contributed by atoms with Crippen LogP contribution >= 0.6 is 11.8 Å². The van der Waals surface area contributed by atoms with Crippen molar-refractivity contribution in [2.24, 2.45) is 0 Å². The highest BCUT2D eigenvalue weighted by Crippen LogP contribution is 2.23. The molecule has 0 radical (unpaired) electrons. The monoisotopic (exact) mass is 362 g/mol. The second-order valence-electron chi connectivity index (χ2n) is 6.19. The van der Waals surface area contributed by atoms with Gasteiger partial charge in [-0.25, -0.2) is 0 Å². The fraction of sp³-hybridized carbons (Fsp3) is 0.444. The molecule has 6 nitrogen and oxygen atoms in total. The predicted octanol–water partition coefficient (Wildman–Crippen LogP) is 0.430. The third kappa shape index (κ3) is 4.23. The Hall–Kier alpha value is -1.83. The summed E-state index contributed by atoms with van der Waals surface area (Å²) in [6.07, 6.45) is 0.176. The smallest absolute Gasteiger partial charge is 0.255 e. The topological polar surface area (TPSA) is 89.9 Å². The Morgan fingerprint density at radius 2 is 1.96 bits per heavy atom. The lowest BCUT2D eigenvalue weighted by molar-refractivity contribution is -0.153. The van der Waals surface area contributed by atoms with E-state index in [1.54, 1.807) is 11.8 Å². The van der Waals surface area contributed by atoms with Crippen molar-refractivity contribution < 1.29 is 19.8 Å². The number of aliphatic hydroxyl groups is 2. The van der Waals surface area contributed by atoms with E-state index in [2.05, 4.69) is 5.32 Å². The first kappa shape index (κ1) is 18.0. The zero-order valence-corrected chi connectivity index (χ0v) is 14.7. The zero-order valence-electron chi connectivity index (χ0n) is 13.9. The van der Waals surface area contributed by atoms with Crippen LogP contribution in [0.25, 0.3) is 0 Å². The van der Waals surface area contributed by atoms with Crippen LogP contribution in [-0.4, -0.2) is 58.0 Å². The molecule has 3 rings (SSSR count). The molecule has 25 heavy (non-hydrogen) atoms. The molecule has 2 aliphatic rings. The van der Waals surface area contributed by atoms with E-state index in [0.717, 1.165) is 22.6 Å². The molecule has 0 saturated heterocycles. The number of amides is 2. The third-order valence-corrected chi connectivity index (χ3v) is 5.60. The van der Waals surface area contributed by atoms with Crippen molar-refractivity contribution in [3.63, 3.8) is 0 Å². The Morgan fingerprint density at radius 1 is 1.20 bits per heavy atom. The van der Waals surface area contributed by atoms with Gasteiger partial charge in [0.25, 0.3) is 11.8 Å². The van der Waals surface area contributed by atoms with Gasteiger partial charge in [0.15, 0.2) is 12.2 Å². The SMILES string of the molecule is O=C(NCC1=CCCS1)[C@H](O)[C@@H](O)C(=O)N1CCc2ccccc2C1. The maximum Gasteiger partial charge on any atom is 0.255 e. The Balaban J connectivity index is 1.55. The summed E-state index contributed by atoms with van der Waals surface area (Å²) in [5.41, 5.74) is 2.21. The number of carbonyl (C=O) groups excluding carboxylic acids is 2. The van der Waals surface area contributed by atoms with E-state index in [1.807, 2.05) is 30.3 Å². The number of fused-ring (bicyclic) bond motifs is 1. The minimum atomic E-state index is -1.77. The van der Waals surface area contributed by atoms with Gasteiger partial charge in [0.2, 0.25) is 0 Å². The minimum Gasteiger partial charge on any atom is -0.380 e. The molecule has 2 atom stereocenters. The summed E-state index contributed by atoms with van der Waals surface area (Å²) in [5.74, 6) is -0.357. The predicted molar refractivity (Wildman–Crippen MR) is 95.7 cm³/mol. The fourth-order valence-corrected chi connectivity index (χ4v) is 3.93. The van der Waals surface area contributed by atoms with Crippen molar-refractivity contribution in [2.45, 2.75) is 31.6 Å². The molecule has 134 valence electrons. The molecule has 0 saturated carbocycles. The number of benzene rings is 1. The Labute approximate surface area is 150 Å². The molecular formula is C18H22N2O4S.